The fraction of sp³-hybridized carbons (Fsp3) is 0.143. The fourth-order valence-corrected chi connectivity index (χ4v) is 2.82. The molecular formula is C14H16N2O3S. The lowest BCUT2D eigenvalue weighted by molar-refractivity contribution is 0.477. The highest BCUT2D eigenvalue weighted by molar-refractivity contribution is 7.92. The zero-order valence-electron chi connectivity index (χ0n) is 11.0. The summed E-state index contributed by atoms with van der Waals surface area (Å²) in [5, 5.41) is 9.32. The summed E-state index contributed by atoms with van der Waals surface area (Å²) in [7, 11) is -3.71. The summed E-state index contributed by atoms with van der Waals surface area (Å²) < 4.78 is 26.8. The molecular weight excluding hydrogens is 276 g/mol. The highest BCUT2D eigenvalue weighted by atomic mass is 32.2. The van der Waals surface area contributed by atoms with E-state index in [0.29, 0.717) is 5.69 Å². The number of nitrogen functional groups attached to an aromatic ring is 1. The summed E-state index contributed by atoms with van der Waals surface area (Å²) in [5.74, 6) is -0.142. The molecule has 0 fully saturated rings. The summed E-state index contributed by atoms with van der Waals surface area (Å²) in [4.78, 5) is 0.00682. The Labute approximate surface area is 118 Å². The van der Waals surface area contributed by atoms with Crippen molar-refractivity contribution >= 4 is 21.4 Å². The zero-order chi connectivity index (χ0) is 14.8. The Morgan fingerprint density at radius 1 is 1.15 bits per heavy atom. The molecule has 0 saturated carbocycles. The van der Waals surface area contributed by atoms with Crippen LogP contribution in [0.5, 0.6) is 5.75 Å². The number of rotatable bonds is 4. The van der Waals surface area contributed by atoms with Crippen molar-refractivity contribution in [2.24, 2.45) is 0 Å². The van der Waals surface area contributed by atoms with Crippen molar-refractivity contribution in [2.75, 3.05) is 10.5 Å². The molecule has 0 unspecified atom stereocenters. The molecule has 0 heterocycles. The monoisotopic (exact) mass is 292 g/mol. The van der Waals surface area contributed by atoms with Gasteiger partial charge in [0.05, 0.1) is 10.6 Å². The molecule has 2 aromatic carbocycles. The molecule has 0 aliphatic carbocycles. The maximum Gasteiger partial charge on any atom is 0.261 e. The van der Waals surface area contributed by atoms with Crippen molar-refractivity contribution in [3.05, 3.63) is 48.0 Å². The molecule has 6 heteroatoms. The number of anilines is 2. The second-order valence-electron chi connectivity index (χ2n) is 4.38. The van der Waals surface area contributed by atoms with Gasteiger partial charge in [0.25, 0.3) is 10.0 Å². The number of nitrogens with two attached hydrogens (primary N) is 1. The van der Waals surface area contributed by atoms with Crippen LogP contribution in [0.2, 0.25) is 0 Å². The van der Waals surface area contributed by atoms with E-state index in [4.69, 9.17) is 5.73 Å². The first-order chi connectivity index (χ1) is 9.42. The van der Waals surface area contributed by atoms with Gasteiger partial charge in [0, 0.05) is 5.69 Å². The van der Waals surface area contributed by atoms with Gasteiger partial charge < -0.3 is 10.8 Å². The number of aryl methyl sites for hydroxylation is 1. The lowest BCUT2D eigenvalue weighted by atomic mass is 10.2. The van der Waals surface area contributed by atoms with E-state index in [0.717, 1.165) is 12.0 Å². The maximum absolute atomic E-state index is 12.2. The molecule has 0 spiro atoms. The average Bonchev–Trinajstić information content (AvgIpc) is 2.42. The fourth-order valence-electron chi connectivity index (χ4n) is 1.72. The first-order valence-electron chi connectivity index (χ1n) is 6.12. The normalized spacial score (nSPS) is 11.2. The van der Waals surface area contributed by atoms with Gasteiger partial charge >= 0.3 is 0 Å². The van der Waals surface area contributed by atoms with Crippen LogP contribution in [0.1, 0.15) is 12.5 Å². The molecule has 0 bridgehead atoms. The van der Waals surface area contributed by atoms with Gasteiger partial charge in [0.2, 0.25) is 0 Å². The second kappa shape index (κ2) is 5.42. The minimum atomic E-state index is -3.71. The molecule has 0 radical (unpaired) electrons. The topological polar surface area (TPSA) is 92.4 Å². The Bertz CT molecular complexity index is 710. The van der Waals surface area contributed by atoms with Crippen LogP contribution in [-0.4, -0.2) is 13.5 Å². The molecule has 2 aromatic rings. The van der Waals surface area contributed by atoms with Crippen molar-refractivity contribution in [2.45, 2.75) is 18.2 Å². The van der Waals surface area contributed by atoms with E-state index in [1.54, 1.807) is 12.1 Å². The average molecular weight is 292 g/mol. The van der Waals surface area contributed by atoms with Crippen LogP contribution in [0.25, 0.3) is 0 Å². The smallest absolute Gasteiger partial charge is 0.261 e. The Hall–Kier alpha value is -2.21. The van der Waals surface area contributed by atoms with Crippen molar-refractivity contribution < 1.29 is 13.5 Å². The molecule has 5 nitrogen and oxygen atoms in total. The number of nitrogens with one attached hydrogen (secondary N) is 1. The van der Waals surface area contributed by atoms with Gasteiger partial charge in [-0.25, -0.2) is 8.42 Å². The Kier molecular flexibility index (Phi) is 3.85. The molecule has 0 aliphatic rings. The van der Waals surface area contributed by atoms with E-state index < -0.39 is 10.0 Å². The quantitative estimate of drug-likeness (QED) is 0.595. The maximum atomic E-state index is 12.2. The van der Waals surface area contributed by atoms with Crippen LogP contribution >= 0.6 is 0 Å². The molecule has 0 amide bonds. The van der Waals surface area contributed by atoms with Crippen molar-refractivity contribution in [3.63, 3.8) is 0 Å². The number of hydrogen-bond donors (Lipinski definition) is 3. The standard InChI is InChI=1S/C14H16N2O3S/c1-2-10-3-5-11(6-4-10)16-20(18,19)12-7-8-14(17)13(15)9-12/h3-9,16-17H,2,15H2,1H3. The second-order valence-corrected chi connectivity index (χ2v) is 6.06. The van der Waals surface area contributed by atoms with Crippen molar-refractivity contribution in [1.82, 2.24) is 0 Å². The number of phenols is 1. The third-order valence-electron chi connectivity index (χ3n) is 2.92. The van der Waals surface area contributed by atoms with E-state index in [9.17, 15) is 13.5 Å². The van der Waals surface area contributed by atoms with Crippen LogP contribution in [-0.2, 0) is 16.4 Å². The molecule has 0 saturated heterocycles. The Morgan fingerprint density at radius 3 is 2.35 bits per heavy atom. The highest BCUT2D eigenvalue weighted by Gasteiger charge is 2.15. The molecule has 2 rings (SSSR count). The van der Waals surface area contributed by atoms with Gasteiger partial charge in [-0.3, -0.25) is 4.72 Å². The van der Waals surface area contributed by atoms with Crippen LogP contribution < -0.4 is 10.5 Å². The lowest BCUT2D eigenvalue weighted by Gasteiger charge is -2.09. The van der Waals surface area contributed by atoms with E-state index >= 15 is 0 Å². The molecule has 20 heavy (non-hydrogen) atoms. The van der Waals surface area contributed by atoms with Gasteiger partial charge in [-0.2, -0.15) is 0 Å². The molecule has 0 aliphatic heterocycles. The lowest BCUT2D eigenvalue weighted by Crippen LogP contribution is -2.13. The number of phenolic OH excluding ortho intramolecular Hbond substituents is 1. The summed E-state index contributed by atoms with van der Waals surface area (Å²) in [5.41, 5.74) is 7.14. The third kappa shape index (κ3) is 3.03. The SMILES string of the molecule is CCc1ccc(NS(=O)(=O)c2ccc(O)c(N)c2)cc1. The summed E-state index contributed by atoms with van der Waals surface area (Å²) in [6.45, 7) is 2.03. The van der Waals surface area contributed by atoms with Gasteiger partial charge in [-0.1, -0.05) is 19.1 Å². The van der Waals surface area contributed by atoms with E-state index in [2.05, 4.69) is 4.72 Å². The van der Waals surface area contributed by atoms with Gasteiger partial charge in [0.15, 0.2) is 0 Å². The molecule has 106 valence electrons. The predicted molar refractivity (Wildman–Crippen MR) is 79.1 cm³/mol. The third-order valence-corrected chi connectivity index (χ3v) is 4.30. The number of hydrogen-bond acceptors (Lipinski definition) is 4. The zero-order valence-corrected chi connectivity index (χ0v) is 11.8. The van der Waals surface area contributed by atoms with Crippen LogP contribution in [0.4, 0.5) is 11.4 Å². The first kappa shape index (κ1) is 14.2. The first-order valence-corrected chi connectivity index (χ1v) is 7.61. The summed E-state index contributed by atoms with van der Waals surface area (Å²) >= 11 is 0. The molecule has 0 atom stereocenters. The summed E-state index contributed by atoms with van der Waals surface area (Å²) in [6.07, 6.45) is 0.890. The largest absolute Gasteiger partial charge is 0.506 e. The van der Waals surface area contributed by atoms with Crippen LogP contribution in [0, 0.1) is 0 Å². The highest BCUT2D eigenvalue weighted by Crippen LogP contribution is 2.24. The number of benzene rings is 2. The van der Waals surface area contributed by atoms with Crippen molar-refractivity contribution in [3.8, 4) is 5.75 Å². The predicted octanol–water partition coefficient (Wildman–Crippen LogP) is 2.34. The van der Waals surface area contributed by atoms with E-state index in [-0.39, 0.29) is 16.3 Å². The van der Waals surface area contributed by atoms with Crippen LogP contribution in [0.15, 0.2) is 47.4 Å². The van der Waals surface area contributed by atoms with E-state index in [1.165, 1.54) is 18.2 Å². The van der Waals surface area contributed by atoms with Gasteiger partial charge in [0.1, 0.15) is 5.75 Å². The number of sulfonamides is 1. The summed E-state index contributed by atoms with van der Waals surface area (Å²) in [6, 6.07) is 10.9. The minimum absolute atomic E-state index is 0.00682. The van der Waals surface area contributed by atoms with Gasteiger partial charge in [-0.05, 0) is 42.3 Å². The Balaban J connectivity index is 2.27. The van der Waals surface area contributed by atoms with E-state index in [1.807, 2.05) is 19.1 Å². The molecule has 0 aromatic heterocycles. The molecule has 4 N–H and O–H groups in total. The van der Waals surface area contributed by atoms with Gasteiger partial charge in [-0.15, -0.1) is 0 Å². The van der Waals surface area contributed by atoms with Crippen molar-refractivity contribution in [1.29, 1.82) is 0 Å². The minimum Gasteiger partial charge on any atom is -0.506 e. The number of aromatic hydroxyl groups is 1. The Morgan fingerprint density at radius 2 is 1.80 bits per heavy atom. The van der Waals surface area contributed by atoms with Crippen LogP contribution in [0.3, 0.4) is 0 Å².